The molecule has 0 atom stereocenters. The van der Waals surface area contributed by atoms with Gasteiger partial charge in [0.2, 0.25) is 0 Å². The first-order valence-electron chi connectivity index (χ1n) is 9.11. The molecular weight excluding hydrogens is 370 g/mol. The van der Waals surface area contributed by atoms with E-state index in [1.165, 1.54) is 0 Å². The summed E-state index contributed by atoms with van der Waals surface area (Å²) in [4.78, 5) is 9.18. The molecule has 4 rings (SSSR count). The summed E-state index contributed by atoms with van der Waals surface area (Å²) in [5.74, 6) is 0. The number of fused-ring (bicyclic) bond motifs is 1. The molecule has 28 heavy (non-hydrogen) atoms. The standard InChI is InChI=1S/C22H21N3O2S/c1-15(2)28(26,27)20-9-6-17(7-10-20)21-13-24-22-11-8-19(14-25(21)22)18-5-4-16(3)23-12-18/h4-15H,1-3H3. The summed E-state index contributed by atoms with van der Waals surface area (Å²) in [6.45, 7) is 5.34. The molecule has 3 heterocycles. The smallest absolute Gasteiger partial charge is 0.180 e. The van der Waals surface area contributed by atoms with Crippen molar-refractivity contribution >= 4 is 15.5 Å². The van der Waals surface area contributed by atoms with E-state index in [1.54, 1.807) is 32.2 Å². The second kappa shape index (κ2) is 6.87. The topological polar surface area (TPSA) is 64.3 Å². The first kappa shape index (κ1) is 18.4. The van der Waals surface area contributed by atoms with Gasteiger partial charge in [-0.25, -0.2) is 13.4 Å². The molecule has 0 fully saturated rings. The highest BCUT2D eigenvalue weighted by Gasteiger charge is 2.19. The van der Waals surface area contributed by atoms with Gasteiger partial charge in [-0.3, -0.25) is 9.38 Å². The van der Waals surface area contributed by atoms with Crippen molar-refractivity contribution in [2.45, 2.75) is 30.9 Å². The third kappa shape index (κ3) is 3.20. The predicted octanol–water partition coefficient (Wildman–Crippen LogP) is 4.55. The zero-order valence-corrected chi connectivity index (χ0v) is 16.8. The summed E-state index contributed by atoms with van der Waals surface area (Å²) in [6.07, 6.45) is 5.69. The van der Waals surface area contributed by atoms with Gasteiger partial charge in [0.25, 0.3) is 0 Å². The minimum Gasteiger partial charge on any atom is -0.299 e. The number of imidazole rings is 1. The maximum atomic E-state index is 12.3. The van der Waals surface area contributed by atoms with Crippen LogP contribution in [-0.4, -0.2) is 28.0 Å². The Morgan fingerprint density at radius 1 is 0.821 bits per heavy atom. The lowest BCUT2D eigenvalue weighted by atomic mass is 10.1. The van der Waals surface area contributed by atoms with E-state index in [0.29, 0.717) is 4.90 Å². The molecule has 0 saturated heterocycles. The lowest BCUT2D eigenvalue weighted by Gasteiger charge is -2.09. The molecule has 1 aromatic carbocycles. The van der Waals surface area contributed by atoms with Crippen molar-refractivity contribution in [1.29, 1.82) is 0 Å². The number of hydrogen-bond donors (Lipinski definition) is 0. The van der Waals surface area contributed by atoms with Gasteiger partial charge in [-0.05, 0) is 51.1 Å². The molecule has 6 heteroatoms. The lowest BCUT2D eigenvalue weighted by Crippen LogP contribution is -2.13. The van der Waals surface area contributed by atoms with Gasteiger partial charge in [0.05, 0.1) is 22.0 Å². The first-order valence-corrected chi connectivity index (χ1v) is 10.7. The molecule has 0 amide bonds. The average molecular weight is 391 g/mol. The average Bonchev–Trinajstić information content (AvgIpc) is 3.11. The first-order chi connectivity index (χ1) is 13.4. The van der Waals surface area contributed by atoms with Crippen LogP contribution in [0, 0.1) is 6.92 Å². The highest BCUT2D eigenvalue weighted by molar-refractivity contribution is 7.92. The molecule has 0 radical (unpaired) electrons. The Morgan fingerprint density at radius 2 is 1.50 bits per heavy atom. The van der Waals surface area contributed by atoms with E-state index < -0.39 is 15.1 Å². The third-order valence-electron chi connectivity index (χ3n) is 4.85. The number of aryl methyl sites for hydroxylation is 1. The van der Waals surface area contributed by atoms with Gasteiger partial charge >= 0.3 is 0 Å². The number of sulfone groups is 1. The molecule has 0 aliphatic heterocycles. The molecule has 0 bridgehead atoms. The fourth-order valence-corrected chi connectivity index (χ4v) is 4.15. The van der Waals surface area contributed by atoms with Crippen LogP contribution >= 0.6 is 0 Å². The summed E-state index contributed by atoms with van der Waals surface area (Å²) in [5.41, 5.74) is 5.70. The predicted molar refractivity (Wildman–Crippen MR) is 111 cm³/mol. The highest BCUT2D eigenvalue weighted by atomic mass is 32.2. The van der Waals surface area contributed by atoms with Gasteiger partial charge in [-0.15, -0.1) is 0 Å². The highest BCUT2D eigenvalue weighted by Crippen LogP contribution is 2.26. The fraction of sp³-hybridized carbons (Fsp3) is 0.182. The molecule has 0 aliphatic carbocycles. The van der Waals surface area contributed by atoms with Crippen LogP contribution in [0.25, 0.3) is 28.0 Å². The fourth-order valence-electron chi connectivity index (χ4n) is 3.09. The minimum atomic E-state index is -3.28. The number of aromatic nitrogens is 3. The van der Waals surface area contributed by atoms with Crippen LogP contribution in [0.2, 0.25) is 0 Å². The molecule has 0 saturated carbocycles. The lowest BCUT2D eigenvalue weighted by molar-refractivity contribution is 0.587. The van der Waals surface area contributed by atoms with Gasteiger partial charge in [-0.2, -0.15) is 0 Å². The molecule has 142 valence electrons. The monoisotopic (exact) mass is 391 g/mol. The molecular formula is C22H21N3O2S. The van der Waals surface area contributed by atoms with Gasteiger partial charge < -0.3 is 0 Å². The Hall–Kier alpha value is -2.99. The van der Waals surface area contributed by atoms with Crippen molar-refractivity contribution in [3.05, 3.63) is 72.8 Å². The summed E-state index contributed by atoms with van der Waals surface area (Å²) >= 11 is 0. The molecule has 4 aromatic rings. The van der Waals surface area contributed by atoms with E-state index in [-0.39, 0.29) is 0 Å². The minimum absolute atomic E-state index is 0.339. The van der Waals surface area contributed by atoms with Crippen molar-refractivity contribution in [2.24, 2.45) is 0 Å². The summed E-state index contributed by atoms with van der Waals surface area (Å²) in [6, 6.07) is 15.0. The quantitative estimate of drug-likeness (QED) is 0.512. The Balaban J connectivity index is 1.77. The number of rotatable bonds is 4. The van der Waals surface area contributed by atoms with Crippen LogP contribution in [0.15, 0.2) is 72.0 Å². The molecule has 3 aromatic heterocycles. The number of benzene rings is 1. The molecule has 0 spiro atoms. The van der Waals surface area contributed by atoms with E-state index in [9.17, 15) is 8.42 Å². The maximum absolute atomic E-state index is 12.3. The number of hydrogen-bond acceptors (Lipinski definition) is 4. The number of pyridine rings is 2. The van der Waals surface area contributed by atoms with Crippen LogP contribution in [-0.2, 0) is 9.84 Å². The SMILES string of the molecule is Cc1ccc(-c2ccc3ncc(-c4ccc(S(=O)(=O)C(C)C)cc4)n3c2)cn1. The van der Waals surface area contributed by atoms with Crippen molar-refractivity contribution in [3.8, 4) is 22.4 Å². The van der Waals surface area contributed by atoms with Crippen LogP contribution in [0.3, 0.4) is 0 Å². The van der Waals surface area contributed by atoms with E-state index in [2.05, 4.69) is 9.97 Å². The Morgan fingerprint density at radius 3 is 2.14 bits per heavy atom. The summed E-state index contributed by atoms with van der Waals surface area (Å²) in [7, 11) is -3.28. The molecule has 5 nitrogen and oxygen atoms in total. The van der Waals surface area contributed by atoms with E-state index in [1.807, 2.05) is 60.1 Å². The van der Waals surface area contributed by atoms with Crippen molar-refractivity contribution < 1.29 is 8.42 Å². The second-order valence-corrected chi connectivity index (χ2v) is 9.60. The normalized spacial score (nSPS) is 12.0. The van der Waals surface area contributed by atoms with Crippen LogP contribution in [0.5, 0.6) is 0 Å². The van der Waals surface area contributed by atoms with Gasteiger partial charge in [-0.1, -0.05) is 18.2 Å². The van der Waals surface area contributed by atoms with Gasteiger partial charge in [0.1, 0.15) is 5.65 Å². The number of nitrogens with zero attached hydrogens (tertiary/aromatic N) is 3. The van der Waals surface area contributed by atoms with Crippen molar-refractivity contribution in [3.63, 3.8) is 0 Å². The molecule has 0 aliphatic rings. The van der Waals surface area contributed by atoms with Crippen LogP contribution in [0.4, 0.5) is 0 Å². The zero-order chi connectivity index (χ0) is 19.9. The van der Waals surface area contributed by atoms with Crippen LogP contribution in [0.1, 0.15) is 19.5 Å². The Labute approximate surface area is 164 Å². The van der Waals surface area contributed by atoms with E-state index >= 15 is 0 Å². The summed E-state index contributed by atoms with van der Waals surface area (Å²) < 4.78 is 26.7. The van der Waals surface area contributed by atoms with Crippen molar-refractivity contribution in [2.75, 3.05) is 0 Å². The molecule has 0 N–H and O–H groups in total. The van der Waals surface area contributed by atoms with Crippen molar-refractivity contribution in [1.82, 2.24) is 14.4 Å². The van der Waals surface area contributed by atoms with Crippen LogP contribution < -0.4 is 0 Å². The largest absolute Gasteiger partial charge is 0.299 e. The Kier molecular flexibility index (Phi) is 4.51. The zero-order valence-electron chi connectivity index (χ0n) is 16.0. The van der Waals surface area contributed by atoms with E-state index in [4.69, 9.17) is 0 Å². The maximum Gasteiger partial charge on any atom is 0.180 e. The molecule has 0 unspecified atom stereocenters. The second-order valence-electron chi connectivity index (χ2n) is 7.10. The van der Waals surface area contributed by atoms with Gasteiger partial charge in [0.15, 0.2) is 9.84 Å². The third-order valence-corrected chi connectivity index (χ3v) is 7.02. The Bertz CT molecular complexity index is 1240. The summed E-state index contributed by atoms with van der Waals surface area (Å²) in [5, 5.41) is -0.445. The van der Waals surface area contributed by atoms with Gasteiger partial charge in [0, 0.05) is 34.8 Å². The van der Waals surface area contributed by atoms with E-state index in [0.717, 1.165) is 33.7 Å².